The van der Waals surface area contributed by atoms with E-state index in [1.54, 1.807) is 72.8 Å². The van der Waals surface area contributed by atoms with Crippen LogP contribution in [0.5, 0.6) is 0 Å². The molecule has 0 radical (unpaired) electrons. The summed E-state index contributed by atoms with van der Waals surface area (Å²) in [5.41, 5.74) is 2.16. The van der Waals surface area contributed by atoms with Gasteiger partial charge in [-0.05, 0) is 93.0 Å². The molecule has 3 aromatic carbocycles. The maximum Gasteiger partial charge on any atom is 0.251 e. The first-order valence-electron chi connectivity index (χ1n) is 19.6. The quantitative estimate of drug-likeness (QED) is 0.205. The highest BCUT2D eigenvalue weighted by Gasteiger charge is 2.32. The van der Waals surface area contributed by atoms with E-state index in [0.29, 0.717) is 59.1 Å². The number of hydrogen-bond acceptors (Lipinski definition) is 6. The van der Waals surface area contributed by atoms with Crippen molar-refractivity contribution >= 4 is 35.3 Å². The number of hydrogen-bond donors (Lipinski definition) is 5. The molecule has 0 saturated heterocycles. The summed E-state index contributed by atoms with van der Waals surface area (Å²) in [4.78, 5) is 81.6. The van der Waals surface area contributed by atoms with Gasteiger partial charge in [0.15, 0.2) is 5.78 Å². The van der Waals surface area contributed by atoms with E-state index in [1.807, 2.05) is 0 Å². The first-order valence-corrected chi connectivity index (χ1v) is 19.6. The lowest BCUT2D eigenvalue weighted by atomic mass is 9.80. The molecule has 4 aliphatic rings. The molecule has 5 N–H and O–H groups in total. The Balaban J connectivity index is 1.18. The summed E-state index contributed by atoms with van der Waals surface area (Å²) in [6.45, 7) is 0. The fourth-order valence-electron chi connectivity index (χ4n) is 8.65. The van der Waals surface area contributed by atoms with Crippen molar-refractivity contribution < 1.29 is 28.8 Å². The Morgan fingerprint density at radius 1 is 0.352 bits per heavy atom. The second-order valence-corrected chi connectivity index (χ2v) is 15.4. The molecule has 6 atom stereocenters. The Kier molecular flexibility index (Phi) is 11.5. The van der Waals surface area contributed by atoms with Crippen molar-refractivity contribution in [3.8, 4) is 0 Å². The van der Waals surface area contributed by atoms with E-state index in [4.69, 9.17) is 0 Å². The van der Waals surface area contributed by atoms with Gasteiger partial charge in [-0.2, -0.15) is 0 Å². The lowest BCUT2D eigenvalue weighted by Gasteiger charge is -2.33. The molecule has 5 amide bonds. The first-order chi connectivity index (χ1) is 26.2. The summed E-state index contributed by atoms with van der Waals surface area (Å²) in [5, 5.41) is 15.6. The summed E-state index contributed by atoms with van der Waals surface area (Å²) in [6.07, 6.45) is 9.99. The zero-order chi connectivity index (χ0) is 37.6. The zero-order valence-electron chi connectivity index (χ0n) is 30.5. The summed E-state index contributed by atoms with van der Waals surface area (Å²) in [7, 11) is 0. The number of carbonyl (C=O) groups excluding carboxylic acids is 6. The van der Waals surface area contributed by atoms with Gasteiger partial charge in [0.1, 0.15) is 0 Å². The van der Waals surface area contributed by atoms with E-state index >= 15 is 0 Å². The molecule has 0 aromatic heterocycles. The normalized spacial score (nSPS) is 27.3. The standard InChI is InChI=1S/C43H49N5O6/c49-38-25-26-10-1-2-17-33(26)44-39(50)29-13-8-14-30(23-29)41(52)47-36-20-5-6-21-37(36)48-43(54)32-16-9-15-31(24-32)42(53)46-35-19-4-3-18-34(35)45-40(51)28-12-7-11-27(38)22-28/h7-9,11-16,22-24,26,33-37H,1-6,10,17-21,25H2,(H,44,50)(H,45,51)(H,46,53)(H,47,52)(H,48,54). The van der Waals surface area contributed by atoms with Gasteiger partial charge in [0, 0.05) is 70.0 Å². The predicted molar refractivity (Wildman–Crippen MR) is 203 cm³/mol. The van der Waals surface area contributed by atoms with Gasteiger partial charge in [-0.15, -0.1) is 0 Å². The van der Waals surface area contributed by atoms with Crippen LogP contribution in [0.15, 0.2) is 72.8 Å². The first kappa shape index (κ1) is 37.0. The molecule has 3 aliphatic carbocycles. The summed E-state index contributed by atoms with van der Waals surface area (Å²) >= 11 is 0. The number of carbonyl (C=O) groups is 6. The van der Waals surface area contributed by atoms with Crippen LogP contribution in [-0.4, -0.2) is 65.5 Å². The van der Waals surface area contributed by atoms with Crippen LogP contribution < -0.4 is 26.6 Å². The lowest BCUT2D eigenvalue weighted by molar-refractivity contribution is 0.0856. The predicted octanol–water partition coefficient (Wildman–Crippen LogP) is 5.50. The molecular formula is C43H49N5O6. The van der Waals surface area contributed by atoms with E-state index in [-0.39, 0.29) is 77.9 Å². The highest BCUT2D eigenvalue weighted by Crippen LogP contribution is 2.29. The fraction of sp³-hybridized carbons (Fsp3) is 0.442. The van der Waals surface area contributed by atoms with Gasteiger partial charge < -0.3 is 26.6 Å². The molecule has 282 valence electrons. The molecule has 6 bridgehead atoms. The molecule has 3 fully saturated rings. The van der Waals surface area contributed by atoms with Crippen LogP contribution in [0.1, 0.15) is 146 Å². The van der Waals surface area contributed by atoms with Crippen molar-refractivity contribution in [1.82, 2.24) is 26.6 Å². The molecule has 3 aromatic rings. The van der Waals surface area contributed by atoms with Crippen LogP contribution in [0.4, 0.5) is 0 Å². The van der Waals surface area contributed by atoms with Crippen LogP contribution >= 0.6 is 0 Å². The van der Waals surface area contributed by atoms with Gasteiger partial charge >= 0.3 is 0 Å². The molecule has 6 unspecified atom stereocenters. The van der Waals surface area contributed by atoms with Crippen molar-refractivity contribution in [1.29, 1.82) is 0 Å². The van der Waals surface area contributed by atoms with E-state index in [1.165, 1.54) is 0 Å². The van der Waals surface area contributed by atoms with Crippen molar-refractivity contribution in [2.24, 2.45) is 5.92 Å². The molecule has 3 saturated carbocycles. The third-order valence-corrected chi connectivity index (χ3v) is 11.7. The number of Topliss-reactive ketones (excluding diaryl/α,β-unsaturated/α-hetero) is 1. The zero-order valence-corrected chi connectivity index (χ0v) is 30.5. The highest BCUT2D eigenvalue weighted by atomic mass is 16.2. The largest absolute Gasteiger partial charge is 0.349 e. The Morgan fingerprint density at radius 2 is 0.630 bits per heavy atom. The number of benzene rings is 3. The number of nitrogens with one attached hydrogen (secondary N) is 5. The molecule has 1 heterocycles. The minimum absolute atomic E-state index is 0.0768. The van der Waals surface area contributed by atoms with Gasteiger partial charge in [0.25, 0.3) is 29.5 Å². The number of fused-ring (bicyclic) bond motifs is 9. The van der Waals surface area contributed by atoms with Crippen LogP contribution in [0.25, 0.3) is 0 Å². The molecule has 54 heavy (non-hydrogen) atoms. The summed E-state index contributed by atoms with van der Waals surface area (Å²) in [5.74, 6) is -1.78. The number of ketones is 1. The number of rotatable bonds is 0. The summed E-state index contributed by atoms with van der Waals surface area (Å²) in [6, 6.07) is 18.4. The SMILES string of the molecule is O=C1CC2CCCCC2NC(=O)c2cccc(c2)C(=O)NC2CCCCC2NC(=O)c2cccc(c2)C(=O)NC2CCCCC2NC(=O)c2cccc1c2. The maximum atomic E-state index is 13.7. The Morgan fingerprint density at radius 3 is 1.00 bits per heavy atom. The van der Waals surface area contributed by atoms with Gasteiger partial charge in [0.2, 0.25) is 0 Å². The summed E-state index contributed by atoms with van der Waals surface area (Å²) < 4.78 is 0. The van der Waals surface area contributed by atoms with E-state index in [9.17, 15) is 28.8 Å². The Labute approximate surface area is 315 Å². The van der Waals surface area contributed by atoms with Crippen molar-refractivity contribution in [2.45, 2.75) is 114 Å². The van der Waals surface area contributed by atoms with Crippen LogP contribution in [0, 0.1) is 5.92 Å². The molecule has 7 rings (SSSR count). The molecular weight excluding hydrogens is 683 g/mol. The van der Waals surface area contributed by atoms with Crippen molar-refractivity contribution in [3.63, 3.8) is 0 Å². The van der Waals surface area contributed by atoms with Crippen LogP contribution in [0.2, 0.25) is 0 Å². The smallest absolute Gasteiger partial charge is 0.251 e. The average molecular weight is 732 g/mol. The van der Waals surface area contributed by atoms with Gasteiger partial charge in [-0.3, -0.25) is 28.8 Å². The Hall–Kier alpha value is -5.32. The lowest BCUT2D eigenvalue weighted by Crippen LogP contribution is -2.53. The monoisotopic (exact) mass is 731 g/mol. The molecule has 0 spiro atoms. The number of amides is 5. The third kappa shape index (κ3) is 8.72. The third-order valence-electron chi connectivity index (χ3n) is 11.7. The molecule has 11 heteroatoms. The second-order valence-electron chi connectivity index (χ2n) is 15.4. The van der Waals surface area contributed by atoms with Crippen LogP contribution in [-0.2, 0) is 0 Å². The van der Waals surface area contributed by atoms with Gasteiger partial charge in [-0.1, -0.05) is 62.8 Å². The molecule has 1 aliphatic heterocycles. The minimum Gasteiger partial charge on any atom is -0.349 e. The van der Waals surface area contributed by atoms with E-state index in [2.05, 4.69) is 26.6 Å². The second kappa shape index (κ2) is 16.8. The topological polar surface area (TPSA) is 163 Å². The highest BCUT2D eigenvalue weighted by molar-refractivity contribution is 6.02. The van der Waals surface area contributed by atoms with Crippen molar-refractivity contribution in [2.75, 3.05) is 0 Å². The van der Waals surface area contributed by atoms with Gasteiger partial charge in [0.05, 0.1) is 0 Å². The van der Waals surface area contributed by atoms with Crippen LogP contribution in [0.3, 0.4) is 0 Å². The maximum absolute atomic E-state index is 13.7. The average Bonchev–Trinajstić information content (AvgIpc) is 3.19. The van der Waals surface area contributed by atoms with Gasteiger partial charge in [-0.25, -0.2) is 0 Å². The van der Waals surface area contributed by atoms with E-state index in [0.717, 1.165) is 51.4 Å². The fourth-order valence-corrected chi connectivity index (χ4v) is 8.65. The Bertz CT molecular complexity index is 1590. The minimum atomic E-state index is -0.337. The molecule has 11 nitrogen and oxygen atoms in total. The van der Waals surface area contributed by atoms with E-state index < -0.39 is 0 Å². The van der Waals surface area contributed by atoms with Crippen molar-refractivity contribution in [3.05, 3.63) is 106 Å².